The summed E-state index contributed by atoms with van der Waals surface area (Å²) in [5.74, 6) is -0.389. The van der Waals surface area contributed by atoms with Crippen LogP contribution >= 0.6 is 0 Å². The molecule has 1 aliphatic rings. The molecular weight excluding hydrogens is 410 g/mol. The summed E-state index contributed by atoms with van der Waals surface area (Å²) in [5, 5.41) is 11.9. The fourth-order valence-electron chi connectivity index (χ4n) is 4.01. The smallest absolute Gasteiger partial charge is 0.267 e. The van der Waals surface area contributed by atoms with E-state index in [1.54, 1.807) is 16.8 Å². The quantitative estimate of drug-likeness (QED) is 0.411. The summed E-state index contributed by atoms with van der Waals surface area (Å²) in [6.07, 6.45) is 4.24. The Kier molecular flexibility index (Phi) is 6.66. The predicted molar refractivity (Wildman–Crippen MR) is 120 cm³/mol. The maximum Gasteiger partial charge on any atom is 0.267 e. The van der Waals surface area contributed by atoms with E-state index in [-0.39, 0.29) is 28.6 Å². The van der Waals surface area contributed by atoms with Gasteiger partial charge in [-0.2, -0.15) is 0 Å². The first kappa shape index (κ1) is 22.2. The summed E-state index contributed by atoms with van der Waals surface area (Å²) in [5.41, 5.74) is 1.75. The van der Waals surface area contributed by atoms with Crippen LogP contribution in [0.1, 0.15) is 42.1 Å². The second-order valence-corrected chi connectivity index (χ2v) is 8.04. The Balaban J connectivity index is 1.80. The summed E-state index contributed by atoms with van der Waals surface area (Å²) in [6.45, 7) is 6.45. The van der Waals surface area contributed by atoms with Crippen LogP contribution in [0.4, 0.5) is 0 Å². The fraction of sp³-hybridized carbons (Fsp3) is 0.478. The van der Waals surface area contributed by atoms with Crippen molar-refractivity contribution in [2.75, 3.05) is 26.4 Å². The predicted octanol–water partition coefficient (Wildman–Crippen LogP) is 1.77. The molecule has 0 saturated carbocycles. The van der Waals surface area contributed by atoms with Crippen LogP contribution in [0.2, 0.25) is 0 Å². The molecule has 3 aromatic rings. The highest BCUT2D eigenvalue weighted by atomic mass is 16.5. The highest BCUT2D eigenvalue weighted by molar-refractivity contribution is 5.96. The molecule has 32 heavy (non-hydrogen) atoms. The molecule has 2 N–H and O–H groups in total. The van der Waals surface area contributed by atoms with E-state index in [1.165, 1.54) is 10.5 Å². The number of nitrogens with one attached hydrogen (secondary N) is 2. The third kappa shape index (κ3) is 4.44. The van der Waals surface area contributed by atoms with Crippen molar-refractivity contribution in [2.45, 2.75) is 45.8 Å². The maximum absolute atomic E-state index is 13.3. The monoisotopic (exact) mass is 439 g/mol. The van der Waals surface area contributed by atoms with Crippen LogP contribution in [-0.4, -0.2) is 52.3 Å². The number of fused-ring (bicyclic) bond motifs is 2. The molecule has 1 saturated heterocycles. The van der Waals surface area contributed by atoms with E-state index in [1.807, 2.05) is 19.9 Å². The number of rotatable bonds is 8. The van der Waals surface area contributed by atoms with Crippen molar-refractivity contribution in [1.82, 2.24) is 19.3 Å². The van der Waals surface area contributed by atoms with E-state index < -0.39 is 0 Å². The molecule has 0 aromatic carbocycles. The number of carbonyl (C=O) groups is 1. The SMILES string of the molecule is CCOCCCn1c(=N)c(C(=O)NC[C@H]2CCCO2)cc2c(=O)n3cc(C)ccc3nc21. The van der Waals surface area contributed by atoms with Gasteiger partial charge < -0.3 is 19.4 Å². The van der Waals surface area contributed by atoms with E-state index in [0.29, 0.717) is 56.0 Å². The zero-order valence-corrected chi connectivity index (χ0v) is 18.5. The second-order valence-electron chi connectivity index (χ2n) is 8.04. The van der Waals surface area contributed by atoms with Crippen LogP contribution in [0.25, 0.3) is 16.7 Å². The lowest BCUT2D eigenvalue weighted by Gasteiger charge is -2.16. The minimum absolute atomic E-state index is 0.00823. The summed E-state index contributed by atoms with van der Waals surface area (Å²) in [6, 6.07) is 5.17. The van der Waals surface area contributed by atoms with Gasteiger partial charge in [-0.3, -0.25) is 19.4 Å². The average molecular weight is 440 g/mol. The van der Waals surface area contributed by atoms with Crippen molar-refractivity contribution >= 4 is 22.6 Å². The number of ether oxygens (including phenoxy) is 2. The molecule has 1 amide bonds. The van der Waals surface area contributed by atoms with Crippen LogP contribution in [0.5, 0.6) is 0 Å². The van der Waals surface area contributed by atoms with E-state index in [9.17, 15) is 9.59 Å². The first-order valence-electron chi connectivity index (χ1n) is 11.1. The van der Waals surface area contributed by atoms with Crippen molar-refractivity contribution in [3.8, 4) is 0 Å². The summed E-state index contributed by atoms with van der Waals surface area (Å²) in [4.78, 5) is 30.9. The number of amides is 1. The standard InChI is InChI=1S/C23H29N5O4/c1-3-31-10-5-9-27-20(24)17(22(29)25-13-16-6-4-11-32-16)12-18-21(27)26-19-8-7-15(2)14-28(19)23(18)30/h7-8,12,14,16,24H,3-6,9-11,13H2,1-2H3,(H,25,29)/t16-/m1/s1. The third-order valence-electron chi connectivity index (χ3n) is 5.69. The molecule has 3 aromatic heterocycles. The van der Waals surface area contributed by atoms with Crippen LogP contribution < -0.4 is 16.4 Å². The van der Waals surface area contributed by atoms with E-state index in [0.717, 1.165) is 18.4 Å². The second kappa shape index (κ2) is 9.62. The van der Waals surface area contributed by atoms with Crippen molar-refractivity contribution in [3.05, 3.63) is 51.4 Å². The molecule has 0 bridgehead atoms. The molecule has 0 aliphatic carbocycles. The lowest BCUT2D eigenvalue weighted by molar-refractivity contribution is 0.0855. The summed E-state index contributed by atoms with van der Waals surface area (Å²) < 4.78 is 14.1. The molecule has 1 atom stereocenters. The highest BCUT2D eigenvalue weighted by Crippen LogP contribution is 2.13. The minimum Gasteiger partial charge on any atom is -0.382 e. The Morgan fingerprint density at radius 2 is 2.25 bits per heavy atom. The maximum atomic E-state index is 13.3. The largest absolute Gasteiger partial charge is 0.382 e. The van der Waals surface area contributed by atoms with Crippen molar-refractivity contribution in [1.29, 1.82) is 5.41 Å². The topological polar surface area (TPSA) is 111 Å². The van der Waals surface area contributed by atoms with Crippen molar-refractivity contribution in [3.63, 3.8) is 0 Å². The molecule has 1 aliphatic heterocycles. The Labute approximate surface area is 185 Å². The Hall–Kier alpha value is -3.04. The molecule has 0 unspecified atom stereocenters. The number of hydrogen-bond donors (Lipinski definition) is 2. The summed E-state index contributed by atoms with van der Waals surface area (Å²) in [7, 11) is 0. The number of aryl methyl sites for hydroxylation is 2. The van der Waals surface area contributed by atoms with Gasteiger partial charge in [0.05, 0.1) is 17.1 Å². The lowest BCUT2D eigenvalue weighted by Crippen LogP contribution is -2.38. The Morgan fingerprint density at radius 1 is 1.41 bits per heavy atom. The van der Waals surface area contributed by atoms with Crippen molar-refractivity contribution < 1.29 is 14.3 Å². The van der Waals surface area contributed by atoms with E-state index in [2.05, 4.69) is 10.3 Å². The van der Waals surface area contributed by atoms with Gasteiger partial charge in [-0.25, -0.2) is 4.98 Å². The lowest BCUT2D eigenvalue weighted by atomic mass is 10.1. The normalized spacial score (nSPS) is 16.1. The van der Waals surface area contributed by atoms with E-state index >= 15 is 0 Å². The number of carbonyl (C=O) groups excluding carboxylic acids is 1. The third-order valence-corrected chi connectivity index (χ3v) is 5.69. The van der Waals surface area contributed by atoms with Crippen LogP contribution in [0, 0.1) is 12.3 Å². The van der Waals surface area contributed by atoms with Gasteiger partial charge in [0.1, 0.15) is 16.8 Å². The van der Waals surface area contributed by atoms with Gasteiger partial charge in [0, 0.05) is 39.1 Å². The van der Waals surface area contributed by atoms with Gasteiger partial charge in [0.15, 0.2) is 0 Å². The molecule has 170 valence electrons. The number of aromatic nitrogens is 3. The highest BCUT2D eigenvalue weighted by Gasteiger charge is 2.20. The molecule has 0 spiro atoms. The van der Waals surface area contributed by atoms with Gasteiger partial charge in [0.25, 0.3) is 11.5 Å². The Morgan fingerprint density at radius 3 is 3.00 bits per heavy atom. The van der Waals surface area contributed by atoms with Gasteiger partial charge in [-0.15, -0.1) is 0 Å². The average Bonchev–Trinajstić information content (AvgIpc) is 3.30. The first-order chi connectivity index (χ1) is 15.5. The van der Waals surface area contributed by atoms with Gasteiger partial charge in [-0.1, -0.05) is 6.07 Å². The summed E-state index contributed by atoms with van der Waals surface area (Å²) >= 11 is 0. The number of pyridine rings is 2. The van der Waals surface area contributed by atoms with E-state index in [4.69, 9.17) is 14.9 Å². The molecular formula is C23H29N5O4. The zero-order valence-electron chi connectivity index (χ0n) is 18.5. The first-order valence-corrected chi connectivity index (χ1v) is 11.1. The molecule has 9 nitrogen and oxygen atoms in total. The van der Waals surface area contributed by atoms with Crippen LogP contribution in [-0.2, 0) is 16.0 Å². The minimum atomic E-state index is -0.389. The zero-order chi connectivity index (χ0) is 22.7. The Bertz CT molecular complexity index is 1260. The van der Waals surface area contributed by atoms with Gasteiger partial charge >= 0.3 is 0 Å². The molecule has 1 fully saturated rings. The fourth-order valence-corrected chi connectivity index (χ4v) is 4.01. The molecule has 0 radical (unpaired) electrons. The molecule has 9 heteroatoms. The van der Waals surface area contributed by atoms with Gasteiger partial charge in [-0.05, 0) is 50.8 Å². The van der Waals surface area contributed by atoms with Crippen LogP contribution in [0.3, 0.4) is 0 Å². The van der Waals surface area contributed by atoms with Crippen molar-refractivity contribution in [2.24, 2.45) is 0 Å². The number of nitrogens with zero attached hydrogens (tertiary/aromatic N) is 3. The number of hydrogen-bond acceptors (Lipinski definition) is 6. The van der Waals surface area contributed by atoms with Crippen LogP contribution in [0.15, 0.2) is 29.2 Å². The molecule has 4 heterocycles. The molecule has 4 rings (SSSR count). The van der Waals surface area contributed by atoms with Gasteiger partial charge in [0.2, 0.25) is 0 Å².